The molecule has 2 aliphatic rings. The molecule has 1 atom stereocenters. The van der Waals surface area contributed by atoms with Crippen LogP contribution in [0.2, 0.25) is 0 Å². The molecule has 2 heterocycles. The van der Waals surface area contributed by atoms with Crippen LogP contribution in [0.25, 0.3) is 0 Å². The van der Waals surface area contributed by atoms with Crippen molar-refractivity contribution in [1.29, 1.82) is 0 Å². The van der Waals surface area contributed by atoms with Crippen LogP contribution in [0.15, 0.2) is 0 Å². The maximum absolute atomic E-state index is 11.1. The van der Waals surface area contributed by atoms with E-state index in [0.717, 1.165) is 38.5 Å². The second-order valence-corrected chi connectivity index (χ2v) is 6.04. The second-order valence-electron chi connectivity index (χ2n) is 6.04. The van der Waals surface area contributed by atoms with Crippen molar-refractivity contribution >= 4 is 11.9 Å². The summed E-state index contributed by atoms with van der Waals surface area (Å²) in [7, 11) is 0. The molecular formula is C15H26O4. The van der Waals surface area contributed by atoms with Crippen LogP contribution < -0.4 is 0 Å². The van der Waals surface area contributed by atoms with E-state index in [-0.39, 0.29) is 23.3 Å². The highest BCUT2D eigenvalue weighted by Crippen LogP contribution is 2.27. The van der Waals surface area contributed by atoms with Crippen LogP contribution in [0.3, 0.4) is 0 Å². The van der Waals surface area contributed by atoms with Gasteiger partial charge in [0, 0.05) is 0 Å². The molecule has 4 nitrogen and oxygen atoms in total. The van der Waals surface area contributed by atoms with Gasteiger partial charge in [0.2, 0.25) is 0 Å². The van der Waals surface area contributed by atoms with Crippen molar-refractivity contribution in [2.75, 3.05) is 13.2 Å². The highest BCUT2D eigenvalue weighted by Gasteiger charge is 2.30. The van der Waals surface area contributed by atoms with E-state index in [1.165, 1.54) is 0 Å². The molecule has 0 radical (unpaired) electrons. The molecule has 4 heteroatoms. The summed E-state index contributed by atoms with van der Waals surface area (Å²) >= 11 is 0. The third-order valence-corrected chi connectivity index (χ3v) is 3.66. The van der Waals surface area contributed by atoms with Gasteiger partial charge in [-0.3, -0.25) is 9.59 Å². The molecule has 2 aliphatic heterocycles. The lowest BCUT2D eigenvalue weighted by atomic mass is 9.88. The fraction of sp³-hybridized carbons (Fsp3) is 0.867. The van der Waals surface area contributed by atoms with E-state index in [1.807, 2.05) is 20.8 Å². The van der Waals surface area contributed by atoms with Crippen LogP contribution in [0, 0.1) is 11.3 Å². The zero-order valence-electron chi connectivity index (χ0n) is 12.4. The molecule has 0 aromatic carbocycles. The second kappa shape index (κ2) is 7.51. The van der Waals surface area contributed by atoms with Crippen molar-refractivity contribution < 1.29 is 19.1 Å². The topological polar surface area (TPSA) is 52.6 Å². The van der Waals surface area contributed by atoms with Gasteiger partial charge in [-0.15, -0.1) is 0 Å². The number of cyclic esters (lactones) is 2. The van der Waals surface area contributed by atoms with Gasteiger partial charge in [0.05, 0.1) is 24.5 Å². The number of rotatable bonds is 0. The summed E-state index contributed by atoms with van der Waals surface area (Å²) < 4.78 is 9.86. The Morgan fingerprint density at radius 2 is 1.63 bits per heavy atom. The quantitative estimate of drug-likeness (QED) is 0.635. The largest absolute Gasteiger partial charge is 0.465 e. The molecule has 2 rings (SSSR count). The first-order chi connectivity index (χ1) is 8.93. The Kier molecular flexibility index (Phi) is 6.32. The normalized spacial score (nSPS) is 27.0. The van der Waals surface area contributed by atoms with Crippen molar-refractivity contribution in [2.45, 2.75) is 59.3 Å². The maximum atomic E-state index is 11.1. The Bertz CT molecular complexity index is 309. The fourth-order valence-corrected chi connectivity index (χ4v) is 2.12. The lowest BCUT2D eigenvalue weighted by Gasteiger charge is -2.17. The molecule has 1 unspecified atom stereocenters. The predicted molar refractivity (Wildman–Crippen MR) is 72.6 cm³/mol. The summed E-state index contributed by atoms with van der Waals surface area (Å²) in [6.07, 6.45) is 6.27. The molecule has 0 aromatic heterocycles. The van der Waals surface area contributed by atoms with Gasteiger partial charge in [-0.25, -0.2) is 0 Å². The van der Waals surface area contributed by atoms with Gasteiger partial charge in [-0.2, -0.15) is 0 Å². The Balaban J connectivity index is 0.000000191. The average molecular weight is 270 g/mol. The van der Waals surface area contributed by atoms with E-state index in [4.69, 9.17) is 9.47 Å². The Labute approximate surface area is 115 Å². The fourth-order valence-electron chi connectivity index (χ4n) is 2.12. The molecule has 19 heavy (non-hydrogen) atoms. The predicted octanol–water partition coefficient (Wildman–Crippen LogP) is 3.09. The highest BCUT2D eigenvalue weighted by atomic mass is 16.5. The highest BCUT2D eigenvalue weighted by molar-refractivity contribution is 5.76. The van der Waals surface area contributed by atoms with E-state index in [2.05, 4.69) is 0 Å². The maximum Gasteiger partial charge on any atom is 0.311 e. The van der Waals surface area contributed by atoms with Gasteiger partial charge in [-0.05, 0) is 52.4 Å². The van der Waals surface area contributed by atoms with Crippen molar-refractivity contribution in [3.05, 3.63) is 0 Å². The van der Waals surface area contributed by atoms with Crippen LogP contribution >= 0.6 is 0 Å². The number of carbonyl (C=O) groups is 2. The summed E-state index contributed by atoms with van der Waals surface area (Å²) in [4.78, 5) is 21.9. The molecule has 0 aliphatic carbocycles. The number of ether oxygens (including phenoxy) is 2. The van der Waals surface area contributed by atoms with Crippen molar-refractivity contribution in [3.8, 4) is 0 Å². The summed E-state index contributed by atoms with van der Waals surface area (Å²) in [6, 6.07) is 0. The minimum Gasteiger partial charge on any atom is -0.465 e. The smallest absolute Gasteiger partial charge is 0.311 e. The van der Waals surface area contributed by atoms with Gasteiger partial charge in [0.25, 0.3) is 0 Å². The molecule has 0 spiro atoms. The third kappa shape index (κ3) is 5.62. The van der Waals surface area contributed by atoms with Crippen LogP contribution in [0.1, 0.15) is 59.3 Å². The first kappa shape index (κ1) is 16.0. The Morgan fingerprint density at radius 1 is 1.00 bits per heavy atom. The number of hydrogen-bond donors (Lipinski definition) is 0. The first-order valence-electron chi connectivity index (χ1n) is 7.27. The summed E-state index contributed by atoms with van der Waals surface area (Å²) in [5, 5.41) is 0. The first-order valence-corrected chi connectivity index (χ1v) is 7.27. The minimum absolute atomic E-state index is 0.0208. The number of carbonyl (C=O) groups excluding carboxylic acids is 2. The lowest BCUT2D eigenvalue weighted by molar-refractivity contribution is -0.152. The standard InChI is InChI=1S/C8H14O2.C7H12O2/c1-8(2)5-3-4-6-10-7(8)9;1-6-4-2-3-5-9-7(6)8/h3-6H2,1-2H3;6H,2-5H2,1H3. The van der Waals surface area contributed by atoms with E-state index < -0.39 is 0 Å². The number of esters is 2. The molecule has 0 N–H and O–H groups in total. The molecule has 0 bridgehead atoms. The zero-order chi connectivity index (χ0) is 14.3. The lowest BCUT2D eigenvalue weighted by Crippen LogP contribution is -2.24. The SMILES string of the molecule is CC1(C)CCCCOC1=O.CC1CCCCOC1=O. The van der Waals surface area contributed by atoms with Crippen molar-refractivity contribution in [2.24, 2.45) is 11.3 Å². The summed E-state index contributed by atoms with van der Waals surface area (Å²) in [6.45, 7) is 7.06. The Morgan fingerprint density at radius 3 is 2.37 bits per heavy atom. The van der Waals surface area contributed by atoms with Crippen LogP contribution in [-0.2, 0) is 19.1 Å². The van der Waals surface area contributed by atoms with Gasteiger partial charge in [0.1, 0.15) is 0 Å². The van der Waals surface area contributed by atoms with Crippen LogP contribution in [-0.4, -0.2) is 25.2 Å². The molecular weight excluding hydrogens is 244 g/mol. The molecule has 110 valence electrons. The van der Waals surface area contributed by atoms with Gasteiger partial charge in [0.15, 0.2) is 0 Å². The van der Waals surface area contributed by atoms with Crippen LogP contribution in [0.5, 0.6) is 0 Å². The van der Waals surface area contributed by atoms with Gasteiger partial charge >= 0.3 is 11.9 Å². The third-order valence-electron chi connectivity index (χ3n) is 3.66. The molecule has 2 fully saturated rings. The average Bonchev–Trinajstić information content (AvgIpc) is 2.62. The molecule has 0 saturated carbocycles. The van der Waals surface area contributed by atoms with E-state index >= 15 is 0 Å². The Hall–Kier alpha value is -1.06. The van der Waals surface area contributed by atoms with E-state index in [0.29, 0.717) is 13.2 Å². The monoisotopic (exact) mass is 270 g/mol. The van der Waals surface area contributed by atoms with E-state index in [9.17, 15) is 9.59 Å². The summed E-state index contributed by atoms with van der Waals surface area (Å²) in [5.41, 5.74) is -0.240. The molecule has 0 amide bonds. The number of hydrogen-bond acceptors (Lipinski definition) is 4. The molecule has 2 saturated heterocycles. The van der Waals surface area contributed by atoms with Crippen molar-refractivity contribution in [1.82, 2.24) is 0 Å². The van der Waals surface area contributed by atoms with Crippen LogP contribution in [0.4, 0.5) is 0 Å². The van der Waals surface area contributed by atoms with E-state index in [1.54, 1.807) is 0 Å². The van der Waals surface area contributed by atoms with Gasteiger partial charge < -0.3 is 9.47 Å². The summed E-state index contributed by atoms with van der Waals surface area (Å²) in [5.74, 6) is 0.0741. The minimum atomic E-state index is -0.240. The zero-order valence-corrected chi connectivity index (χ0v) is 12.4. The molecule has 0 aromatic rings. The van der Waals surface area contributed by atoms with Crippen molar-refractivity contribution in [3.63, 3.8) is 0 Å². The van der Waals surface area contributed by atoms with Gasteiger partial charge in [-0.1, -0.05) is 6.92 Å².